The summed E-state index contributed by atoms with van der Waals surface area (Å²) in [7, 11) is -6.19. The summed E-state index contributed by atoms with van der Waals surface area (Å²) in [4.78, 5) is 14.2. The summed E-state index contributed by atoms with van der Waals surface area (Å²) in [5.41, 5.74) is 1.57. The first-order valence-electron chi connectivity index (χ1n) is 14.7. The van der Waals surface area contributed by atoms with Gasteiger partial charge in [0.15, 0.2) is 0 Å². The normalized spacial score (nSPS) is 22.7. The fourth-order valence-corrected chi connectivity index (χ4v) is 6.97. The van der Waals surface area contributed by atoms with E-state index in [1.807, 2.05) is 36.4 Å². The van der Waals surface area contributed by atoms with Gasteiger partial charge in [-0.3, -0.25) is 4.90 Å². The number of morpholine rings is 2. The summed E-state index contributed by atoms with van der Waals surface area (Å²) in [6.45, 7) is 6.94. The average molecular weight is 708 g/mol. The second-order valence-corrected chi connectivity index (χ2v) is 17.9. The lowest BCUT2D eigenvalue weighted by Crippen LogP contribution is -2.55. The second kappa shape index (κ2) is 16.3. The second-order valence-electron chi connectivity index (χ2n) is 12.6. The SMILES string of the molecule is CC(C)(C)OC(=O)N1C[C@H](CS(C)(=O)=O)OC[C@@H]1Cc1ccc(Cl)cc1.CS(=O)(=O)C[C@H]1CN[C@@H](Cc2ccc(Cl)cc2)CO1. The number of halogens is 2. The van der Waals surface area contributed by atoms with Gasteiger partial charge in [-0.05, 0) is 69.0 Å². The molecule has 0 spiro atoms. The minimum atomic E-state index is -3.21. The maximum Gasteiger partial charge on any atom is 0.410 e. The molecule has 2 heterocycles. The van der Waals surface area contributed by atoms with Crippen LogP contribution in [0.15, 0.2) is 48.5 Å². The maximum absolute atomic E-state index is 12.7. The van der Waals surface area contributed by atoms with E-state index in [0.717, 1.165) is 23.3 Å². The van der Waals surface area contributed by atoms with Gasteiger partial charge in [-0.15, -0.1) is 0 Å². The zero-order valence-electron chi connectivity index (χ0n) is 26.4. The topological polar surface area (TPSA) is 128 Å². The highest BCUT2D eigenvalue weighted by atomic mass is 35.5. The van der Waals surface area contributed by atoms with Crippen molar-refractivity contribution in [1.29, 1.82) is 0 Å². The summed E-state index contributed by atoms with van der Waals surface area (Å²) in [6.07, 6.45) is 2.56. The van der Waals surface area contributed by atoms with E-state index in [1.54, 1.807) is 37.8 Å². The summed E-state index contributed by atoms with van der Waals surface area (Å²) < 4.78 is 62.3. The van der Waals surface area contributed by atoms with Crippen molar-refractivity contribution < 1.29 is 35.8 Å². The monoisotopic (exact) mass is 706 g/mol. The molecule has 4 rings (SSSR count). The van der Waals surface area contributed by atoms with Crippen molar-refractivity contribution in [3.63, 3.8) is 0 Å². The number of nitrogens with one attached hydrogen (secondary N) is 1. The third-order valence-electron chi connectivity index (χ3n) is 6.92. The van der Waals surface area contributed by atoms with Crippen molar-refractivity contribution in [2.24, 2.45) is 0 Å². The lowest BCUT2D eigenvalue weighted by Gasteiger charge is -2.40. The van der Waals surface area contributed by atoms with Crippen LogP contribution in [0.25, 0.3) is 0 Å². The number of benzene rings is 2. The van der Waals surface area contributed by atoms with Crippen LogP contribution in [0.1, 0.15) is 31.9 Å². The van der Waals surface area contributed by atoms with Crippen molar-refractivity contribution in [1.82, 2.24) is 10.2 Å². The Labute approximate surface area is 277 Å². The van der Waals surface area contributed by atoms with Crippen LogP contribution in [0.3, 0.4) is 0 Å². The molecule has 0 radical (unpaired) electrons. The smallest absolute Gasteiger partial charge is 0.410 e. The Morgan fingerprint density at radius 1 is 0.844 bits per heavy atom. The minimum Gasteiger partial charge on any atom is -0.444 e. The first-order chi connectivity index (χ1) is 20.8. The number of nitrogens with zero attached hydrogens (tertiary/aromatic N) is 1. The van der Waals surface area contributed by atoms with Crippen LogP contribution in [0.4, 0.5) is 4.79 Å². The van der Waals surface area contributed by atoms with E-state index in [2.05, 4.69) is 5.32 Å². The molecule has 1 N–H and O–H groups in total. The molecule has 2 aromatic rings. The molecule has 0 aromatic heterocycles. The van der Waals surface area contributed by atoms with Crippen LogP contribution in [-0.4, -0.2) is 108 Å². The van der Waals surface area contributed by atoms with Crippen molar-refractivity contribution in [3.8, 4) is 0 Å². The molecule has 2 aliphatic rings. The molecule has 0 unspecified atom stereocenters. The third kappa shape index (κ3) is 14.6. The quantitative estimate of drug-likeness (QED) is 0.429. The number of hydrogen-bond donors (Lipinski definition) is 1. The molecule has 2 saturated heterocycles. The fraction of sp³-hybridized carbons (Fsp3) is 0.581. The van der Waals surface area contributed by atoms with Crippen LogP contribution < -0.4 is 5.32 Å². The standard InChI is InChI=1S/C18H26ClNO5S.C13H18ClNO3S/c1-18(2,3)25-17(21)20-10-16(12-26(4,22)23)24-11-15(20)9-13-5-7-14(19)8-6-13;1-19(16,17)9-13-7-15-12(8-18-13)6-10-2-4-11(14)5-3-10/h5-8,15-16H,9-12H2,1-4H3;2-5,12-13,15H,6-9H2,1H3/t15-,16+;12-,13+/m00/s1. The Kier molecular flexibility index (Phi) is 13.6. The minimum absolute atomic E-state index is 0.0770. The Morgan fingerprint density at radius 3 is 1.80 bits per heavy atom. The van der Waals surface area contributed by atoms with Gasteiger partial charge < -0.3 is 19.5 Å². The Balaban J connectivity index is 0.000000257. The number of carbonyl (C=O) groups excluding carboxylic acids is 1. The molecular formula is C31H44Cl2N2O8S2. The molecule has 14 heteroatoms. The van der Waals surface area contributed by atoms with Gasteiger partial charge in [0.2, 0.25) is 0 Å². The number of amides is 1. The average Bonchev–Trinajstić information content (AvgIpc) is 2.91. The first-order valence-corrected chi connectivity index (χ1v) is 19.5. The molecule has 2 fully saturated rings. The van der Waals surface area contributed by atoms with Gasteiger partial charge >= 0.3 is 6.09 Å². The number of carbonyl (C=O) groups is 1. The molecule has 0 saturated carbocycles. The largest absolute Gasteiger partial charge is 0.444 e. The van der Waals surface area contributed by atoms with E-state index in [9.17, 15) is 21.6 Å². The van der Waals surface area contributed by atoms with E-state index in [-0.39, 0.29) is 42.8 Å². The van der Waals surface area contributed by atoms with Crippen LogP contribution in [0, 0.1) is 0 Å². The van der Waals surface area contributed by atoms with Gasteiger partial charge in [-0.1, -0.05) is 47.5 Å². The zero-order valence-corrected chi connectivity index (χ0v) is 29.5. The summed E-state index contributed by atoms with van der Waals surface area (Å²) >= 11 is 11.8. The first kappa shape index (κ1) is 37.5. The van der Waals surface area contributed by atoms with Crippen LogP contribution in [-0.2, 0) is 46.7 Å². The Hall–Kier alpha value is -1.93. The van der Waals surface area contributed by atoms with E-state index >= 15 is 0 Å². The molecule has 10 nitrogen and oxygen atoms in total. The number of sulfone groups is 2. The molecule has 0 aliphatic carbocycles. The fourth-order valence-electron chi connectivity index (χ4n) is 4.95. The Bertz CT molecular complexity index is 1460. The number of hydrogen-bond acceptors (Lipinski definition) is 9. The molecular weight excluding hydrogens is 663 g/mol. The number of ether oxygens (including phenoxy) is 3. The summed E-state index contributed by atoms with van der Waals surface area (Å²) in [5, 5.41) is 4.70. The van der Waals surface area contributed by atoms with Crippen LogP contribution >= 0.6 is 23.2 Å². The molecule has 0 bridgehead atoms. The van der Waals surface area contributed by atoms with Crippen LogP contribution in [0.2, 0.25) is 10.0 Å². The summed E-state index contributed by atoms with van der Waals surface area (Å²) in [6, 6.07) is 15.1. The highest BCUT2D eigenvalue weighted by Gasteiger charge is 2.36. The van der Waals surface area contributed by atoms with Crippen molar-refractivity contribution in [2.75, 3.05) is 50.3 Å². The molecule has 4 atom stereocenters. The van der Waals surface area contributed by atoms with Crippen molar-refractivity contribution in [2.45, 2.75) is 63.5 Å². The highest BCUT2D eigenvalue weighted by Crippen LogP contribution is 2.22. The van der Waals surface area contributed by atoms with E-state index in [0.29, 0.717) is 24.6 Å². The van der Waals surface area contributed by atoms with Gasteiger partial charge in [0, 0.05) is 35.1 Å². The van der Waals surface area contributed by atoms with Crippen molar-refractivity contribution in [3.05, 3.63) is 69.7 Å². The maximum atomic E-state index is 12.7. The third-order valence-corrected chi connectivity index (χ3v) is 9.38. The van der Waals surface area contributed by atoms with Crippen LogP contribution in [0.5, 0.6) is 0 Å². The molecule has 252 valence electrons. The van der Waals surface area contributed by atoms with Gasteiger partial charge in [0.25, 0.3) is 0 Å². The summed E-state index contributed by atoms with van der Waals surface area (Å²) in [5.74, 6) is -0.0480. The van der Waals surface area contributed by atoms with Gasteiger partial charge in [0.1, 0.15) is 25.3 Å². The highest BCUT2D eigenvalue weighted by molar-refractivity contribution is 7.90. The molecule has 1 amide bonds. The molecule has 2 aromatic carbocycles. The number of rotatable bonds is 8. The molecule has 45 heavy (non-hydrogen) atoms. The predicted octanol–water partition coefficient (Wildman–Crippen LogP) is 4.22. The van der Waals surface area contributed by atoms with E-state index in [1.165, 1.54) is 11.8 Å². The van der Waals surface area contributed by atoms with Gasteiger partial charge in [-0.2, -0.15) is 0 Å². The molecule has 2 aliphatic heterocycles. The van der Waals surface area contributed by atoms with E-state index < -0.39 is 37.5 Å². The lowest BCUT2D eigenvalue weighted by atomic mass is 10.0. The van der Waals surface area contributed by atoms with Gasteiger partial charge in [0.05, 0.1) is 49.5 Å². The van der Waals surface area contributed by atoms with Gasteiger partial charge in [-0.25, -0.2) is 21.6 Å². The zero-order chi connectivity index (χ0) is 33.4. The van der Waals surface area contributed by atoms with E-state index in [4.69, 9.17) is 37.4 Å². The van der Waals surface area contributed by atoms with Crippen molar-refractivity contribution >= 4 is 49.0 Å². The lowest BCUT2D eigenvalue weighted by molar-refractivity contribution is -0.0618. The Morgan fingerprint density at radius 2 is 1.33 bits per heavy atom. The predicted molar refractivity (Wildman–Crippen MR) is 178 cm³/mol.